The lowest BCUT2D eigenvalue weighted by Gasteiger charge is -2.28. The molecule has 0 radical (unpaired) electrons. The maximum absolute atomic E-state index is 14.1. The van der Waals surface area contributed by atoms with E-state index in [9.17, 15) is 14.4 Å². The van der Waals surface area contributed by atoms with Crippen LogP contribution >= 0.6 is 11.3 Å². The lowest BCUT2D eigenvalue weighted by Crippen LogP contribution is -2.54. The number of rotatable bonds is 7. The number of esters is 1. The monoisotopic (exact) mass is 690 g/mol. The quantitative estimate of drug-likeness (QED) is 0.244. The van der Waals surface area contributed by atoms with Crippen LogP contribution in [0.5, 0.6) is 11.5 Å². The van der Waals surface area contributed by atoms with E-state index in [4.69, 9.17) is 28.9 Å². The minimum Gasteiger partial charge on any atom is -0.496 e. The van der Waals surface area contributed by atoms with Crippen molar-refractivity contribution in [3.05, 3.63) is 47.0 Å². The molecule has 0 bridgehead atoms. The molecule has 0 spiro atoms. The highest BCUT2D eigenvalue weighted by atomic mass is 32.1. The fourth-order valence-corrected chi connectivity index (χ4v) is 7.67. The number of thiazole rings is 1. The first kappa shape index (κ1) is 34.8. The van der Waals surface area contributed by atoms with Crippen LogP contribution in [0.25, 0.3) is 21.6 Å². The summed E-state index contributed by atoms with van der Waals surface area (Å²) in [6.07, 6.45) is 5.97. The van der Waals surface area contributed by atoms with Gasteiger partial charge < -0.3 is 29.2 Å². The number of ether oxygens (including phenoxy) is 4. The second kappa shape index (κ2) is 14.4. The average molecular weight is 691 g/mol. The number of hydrogen-bond donors (Lipinski definition) is 1. The lowest BCUT2D eigenvalue weighted by atomic mass is 10.1. The molecule has 49 heavy (non-hydrogen) atoms. The van der Waals surface area contributed by atoms with Gasteiger partial charge in [0.25, 0.3) is 5.91 Å². The van der Waals surface area contributed by atoms with E-state index in [-0.39, 0.29) is 37.3 Å². The number of pyridine rings is 1. The van der Waals surface area contributed by atoms with Crippen molar-refractivity contribution in [2.75, 3.05) is 26.9 Å². The topological polar surface area (TPSA) is 129 Å². The van der Waals surface area contributed by atoms with Crippen molar-refractivity contribution in [1.82, 2.24) is 20.2 Å². The largest absolute Gasteiger partial charge is 0.496 e. The fraction of sp³-hybridized carbons (Fsp3) is 0.541. The first-order chi connectivity index (χ1) is 23.6. The molecule has 1 aromatic carbocycles. The van der Waals surface area contributed by atoms with Crippen LogP contribution in [0.15, 0.2) is 35.7 Å². The van der Waals surface area contributed by atoms with Crippen LogP contribution in [-0.4, -0.2) is 83.3 Å². The number of hydrogen-bond acceptors (Lipinski definition) is 10. The zero-order chi connectivity index (χ0) is 34.9. The first-order valence-electron chi connectivity index (χ1n) is 17.2. The van der Waals surface area contributed by atoms with E-state index in [1.165, 1.54) is 11.3 Å². The van der Waals surface area contributed by atoms with Crippen molar-refractivity contribution >= 4 is 40.0 Å². The van der Waals surface area contributed by atoms with Gasteiger partial charge >= 0.3 is 5.97 Å². The number of allylic oxidation sites excluding steroid dienone is 1. The van der Waals surface area contributed by atoms with Gasteiger partial charge in [0.2, 0.25) is 5.91 Å². The van der Waals surface area contributed by atoms with Crippen LogP contribution in [0.3, 0.4) is 0 Å². The maximum Gasteiger partial charge on any atom is 0.332 e. The summed E-state index contributed by atoms with van der Waals surface area (Å²) in [4.78, 5) is 52.5. The predicted molar refractivity (Wildman–Crippen MR) is 187 cm³/mol. The third-order valence-electron chi connectivity index (χ3n) is 9.69. The lowest BCUT2D eigenvalue weighted by molar-refractivity contribution is -0.151. The molecule has 3 aliphatic rings. The van der Waals surface area contributed by atoms with Gasteiger partial charge in [-0.25, -0.2) is 14.8 Å². The molecule has 6 rings (SSSR count). The molecule has 3 aromatic rings. The zero-order valence-electron chi connectivity index (χ0n) is 29.1. The fourth-order valence-electron chi connectivity index (χ4n) is 6.73. The summed E-state index contributed by atoms with van der Waals surface area (Å²) in [5, 5.41) is 6.62. The minimum absolute atomic E-state index is 0.169. The van der Waals surface area contributed by atoms with E-state index in [1.54, 1.807) is 25.9 Å². The maximum atomic E-state index is 14.1. The molecule has 11 nitrogen and oxygen atoms in total. The Hall–Kier alpha value is -4.03. The molecule has 2 fully saturated rings. The molecule has 1 saturated carbocycles. The molecule has 1 N–H and O–H groups in total. The van der Waals surface area contributed by atoms with Gasteiger partial charge in [-0.2, -0.15) is 0 Å². The van der Waals surface area contributed by atoms with Crippen molar-refractivity contribution in [2.45, 2.75) is 96.4 Å². The number of fused-ring (bicyclic) bond motifs is 3. The van der Waals surface area contributed by atoms with E-state index in [0.717, 1.165) is 46.4 Å². The Balaban J connectivity index is 1.34. The Morgan fingerprint density at radius 1 is 1.20 bits per heavy atom. The number of methoxy groups -OCH3 is 1. The van der Waals surface area contributed by atoms with E-state index >= 15 is 0 Å². The zero-order valence-corrected chi connectivity index (χ0v) is 29.9. The number of amides is 2. The Bertz CT molecular complexity index is 1760. The molecule has 5 atom stereocenters. The summed E-state index contributed by atoms with van der Waals surface area (Å²) >= 11 is 1.53. The van der Waals surface area contributed by atoms with Crippen molar-refractivity contribution < 1.29 is 33.3 Å². The number of benzene rings is 1. The molecule has 2 aliphatic heterocycles. The summed E-state index contributed by atoms with van der Waals surface area (Å²) in [7, 11) is 1.63. The van der Waals surface area contributed by atoms with Gasteiger partial charge in [0.15, 0.2) is 0 Å². The number of nitrogens with one attached hydrogen (secondary N) is 1. The molecule has 12 heteroatoms. The van der Waals surface area contributed by atoms with Gasteiger partial charge in [0.1, 0.15) is 46.0 Å². The normalized spacial score (nSPS) is 26.7. The molecule has 4 heterocycles. The Kier molecular flexibility index (Phi) is 10.3. The van der Waals surface area contributed by atoms with Gasteiger partial charge in [-0.15, -0.1) is 11.3 Å². The summed E-state index contributed by atoms with van der Waals surface area (Å²) in [6.45, 7) is 10.4. The molecular formula is C37H46N4O7S. The van der Waals surface area contributed by atoms with Crippen molar-refractivity contribution in [1.29, 1.82) is 0 Å². The van der Waals surface area contributed by atoms with Gasteiger partial charge in [0, 0.05) is 41.3 Å². The molecule has 2 aromatic heterocycles. The SMILES string of the molecule is CCOC(=O)[C@@]12C[C@H]1/C=C\CCCCO[C@H](C)C(=O)N1C[C@H](Oc3cc(-c4nc(C(C)C)cs4)nc4c(C)c(OC)ccc34)C[C@H]1C(=O)N2. The molecule has 262 valence electrons. The van der Waals surface area contributed by atoms with Crippen LogP contribution in [0, 0.1) is 12.8 Å². The second-order valence-corrected chi connectivity index (χ2v) is 14.3. The van der Waals surface area contributed by atoms with E-state index in [2.05, 4.69) is 25.2 Å². The van der Waals surface area contributed by atoms with Crippen molar-refractivity contribution in [3.63, 3.8) is 0 Å². The summed E-state index contributed by atoms with van der Waals surface area (Å²) < 4.78 is 23.7. The summed E-state index contributed by atoms with van der Waals surface area (Å²) in [5.74, 6) is 0.234. The second-order valence-electron chi connectivity index (χ2n) is 13.4. The Morgan fingerprint density at radius 3 is 2.76 bits per heavy atom. The number of aromatic nitrogens is 2. The standard InChI is InChI=1S/C37H46N4O7S/c1-7-46-36(44)37-18-24(37)12-10-8-9-11-15-47-23(5)35(43)41-19-25(16-29(41)33(42)40-37)48-31-17-27(34-39-28(20-49-34)21(2)3)38-32-22(4)30(45-6)14-13-26(31)32/h10,12-14,17,20-21,23-25,29H,7-9,11,15-16,18-19H2,1-6H3,(H,40,42)/b12-10-/t23-,24-,25-,29+,37-/m1/s1. The van der Waals surface area contributed by atoms with Gasteiger partial charge in [0.05, 0.1) is 31.5 Å². The number of carbonyl (C=O) groups is 3. The van der Waals surface area contributed by atoms with Crippen LogP contribution in [0.1, 0.15) is 77.0 Å². The average Bonchev–Trinajstić information content (AvgIpc) is 3.38. The number of carbonyl (C=O) groups excluding carboxylic acids is 3. The van der Waals surface area contributed by atoms with Crippen LogP contribution in [0.2, 0.25) is 0 Å². The molecule has 0 unspecified atom stereocenters. The number of nitrogens with zero attached hydrogens (tertiary/aromatic N) is 3. The van der Waals surface area contributed by atoms with Crippen molar-refractivity contribution in [3.8, 4) is 22.2 Å². The third-order valence-corrected chi connectivity index (χ3v) is 10.6. The van der Waals surface area contributed by atoms with Crippen molar-refractivity contribution in [2.24, 2.45) is 5.92 Å². The summed E-state index contributed by atoms with van der Waals surface area (Å²) in [6, 6.07) is 4.82. The highest BCUT2D eigenvalue weighted by Crippen LogP contribution is 2.46. The minimum atomic E-state index is -1.14. The van der Waals surface area contributed by atoms with Gasteiger partial charge in [-0.1, -0.05) is 26.0 Å². The van der Waals surface area contributed by atoms with Gasteiger partial charge in [-0.05, 0) is 64.5 Å². The highest BCUT2D eigenvalue weighted by molar-refractivity contribution is 7.13. The highest BCUT2D eigenvalue weighted by Gasteiger charge is 2.62. The Labute approximate surface area is 291 Å². The van der Waals surface area contributed by atoms with E-state index < -0.39 is 35.7 Å². The first-order valence-corrected chi connectivity index (χ1v) is 18.1. The van der Waals surface area contributed by atoms with E-state index in [1.807, 2.05) is 36.6 Å². The molecule has 1 aliphatic carbocycles. The van der Waals surface area contributed by atoms with E-state index in [0.29, 0.717) is 30.2 Å². The summed E-state index contributed by atoms with van der Waals surface area (Å²) in [5.41, 5.74) is 2.10. The van der Waals surface area contributed by atoms with Crippen LogP contribution in [-0.2, 0) is 23.9 Å². The van der Waals surface area contributed by atoms with Crippen LogP contribution in [0.4, 0.5) is 0 Å². The van der Waals surface area contributed by atoms with Gasteiger partial charge in [-0.3, -0.25) is 9.59 Å². The molecular weight excluding hydrogens is 644 g/mol. The predicted octanol–water partition coefficient (Wildman–Crippen LogP) is 5.73. The molecule has 1 saturated heterocycles. The number of aryl methyl sites for hydroxylation is 1. The molecule has 2 amide bonds. The Morgan fingerprint density at radius 2 is 2.02 bits per heavy atom. The van der Waals surface area contributed by atoms with Crippen LogP contribution < -0.4 is 14.8 Å². The third kappa shape index (κ3) is 7.03. The smallest absolute Gasteiger partial charge is 0.332 e.